The fraction of sp³-hybridized carbons (Fsp3) is 0.429. The monoisotopic (exact) mass is 433 g/mol. The van der Waals surface area contributed by atoms with Crippen molar-refractivity contribution >= 4 is 38.0 Å². The molecule has 0 atom stereocenters. The molecular formula is C21H27N3O3S2. The number of benzene rings is 1. The van der Waals surface area contributed by atoms with Crippen molar-refractivity contribution in [1.29, 1.82) is 0 Å². The summed E-state index contributed by atoms with van der Waals surface area (Å²) in [6.45, 7) is 8.30. The summed E-state index contributed by atoms with van der Waals surface area (Å²) in [7, 11) is -2.41. The number of hydrogen-bond donors (Lipinski definition) is 2. The van der Waals surface area contributed by atoms with Gasteiger partial charge in [0.05, 0.1) is 22.7 Å². The minimum atomic E-state index is -2.41. The molecule has 6 nitrogen and oxygen atoms in total. The highest BCUT2D eigenvalue weighted by Gasteiger charge is 2.22. The van der Waals surface area contributed by atoms with E-state index in [9.17, 15) is 13.9 Å². The van der Waals surface area contributed by atoms with Crippen molar-refractivity contribution in [3.8, 4) is 11.3 Å². The lowest BCUT2D eigenvalue weighted by Gasteiger charge is -2.42. The lowest BCUT2D eigenvalue weighted by Crippen LogP contribution is -2.38. The first kappa shape index (κ1) is 20.4. The van der Waals surface area contributed by atoms with Crippen LogP contribution in [0.25, 0.3) is 21.6 Å². The van der Waals surface area contributed by atoms with Crippen molar-refractivity contribution in [2.75, 3.05) is 29.5 Å². The summed E-state index contributed by atoms with van der Waals surface area (Å²) in [5.41, 5.74) is 3.78. The Balaban J connectivity index is 1.64. The van der Waals surface area contributed by atoms with E-state index >= 15 is 0 Å². The molecule has 1 aromatic carbocycles. The van der Waals surface area contributed by atoms with E-state index in [0.717, 1.165) is 27.3 Å². The molecule has 4 rings (SSSR count). The summed E-state index contributed by atoms with van der Waals surface area (Å²) in [6.07, 6.45) is 0. The van der Waals surface area contributed by atoms with Crippen molar-refractivity contribution < 1.29 is 9.11 Å². The molecule has 3 aromatic rings. The van der Waals surface area contributed by atoms with E-state index in [0.29, 0.717) is 31.1 Å². The highest BCUT2D eigenvalue weighted by atomic mass is 32.3. The fourth-order valence-corrected chi connectivity index (χ4v) is 5.68. The Bertz CT molecular complexity index is 1090. The lowest BCUT2D eigenvalue weighted by molar-refractivity contribution is 0.346. The van der Waals surface area contributed by atoms with Crippen molar-refractivity contribution in [3.63, 3.8) is 0 Å². The third-order valence-electron chi connectivity index (χ3n) is 5.05. The SMILES string of the molecule is CC(C)(C)Cn1c(=O)sc2nc(-c3cccc(N4CCS(O)(O)CC4)c3)ccc21. The van der Waals surface area contributed by atoms with Gasteiger partial charge in [0.1, 0.15) is 4.83 Å². The maximum Gasteiger partial charge on any atom is 0.309 e. The van der Waals surface area contributed by atoms with Crippen molar-refractivity contribution in [1.82, 2.24) is 9.55 Å². The molecule has 156 valence electrons. The maximum atomic E-state index is 12.5. The smallest absolute Gasteiger partial charge is 0.309 e. The third-order valence-corrected chi connectivity index (χ3v) is 7.61. The molecule has 1 saturated heterocycles. The number of fused-ring (bicyclic) bond motifs is 1. The summed E-state index contributed by atoms with van der Waals surface area (Å²) < 4.78 is 21.5. The van der Waals surface area contributed by atoms with Crippen LogP contribution in [0.15, 0.2) is 41.2 Å². The van der Waals surface area contributed by atoms with Gasteiger partial charge in [0.15, 0.2) is 0 Å². The van der Waals surface area contributed by atoms with Crippen molar-refractivity contribution in [2.45, 2.75) is 27.3 Å². The van der Waals surface area contributed by atoms with E-state index in [1.165, 1.54) is 11.3 Å². The molecule has 8 heteroatoms. The standard InChI is InChI=1S/C21H27N3O3S2/c1-21(2,3)14-24-18-8-7-17(22-19(18)28-20(24)25)15-5-4-6-16(13-15)23-9-11-29(26,27)12-10-23/h4-8,13,26-27H,9-12,14H2,1-3H3. The summed E-state index contributed by atoms with van der Waals surface area (Å²) in [4.78, 5) is 20.2. The zero-order valence-corrected chi connectivity index (χ0v) is 18.6. The summed E-state index contributed by atoms with van der Waals surface area (Å²) in [5, 5.41) is 0. The first-order chi connectivity index (χ1) is 13.6. The fourth-order valence-electron chi connectivity index (χ4n) is 3.58. The molecule has 0 spiro atoms. The van der Waals surface area contributed by atoms with E-state index in [-0.39, 0.29) is 10.3 Å². The molecule has 2 aromatic heterocycles. The van der Waals surface area contributed by atoms with Crippen LogP contribution >= 0.6 is 21.9 Å². The molecule has 0 saturated carbocycles. The number of pyridine rings is 1. The highest BCUT2D eigenvalue weighted by molar-refractivity contribution is 8.24. The van der Waals surface area contributed by atoms with Gasteiger partial charge < -0.3 is 4.90 Å². The average Bonchev–Trinajstić information content (AvgIpc) is 2.95. The molecule has 0 bridgehead atoms. The van der Waals surface area contributed by atoms with E-state index in [2.05, 4.69) is 31.7 Å². The van der Waals surface area contributed by atoms with Crippen LogP contribution in [0.2, 0.25) is 0 Å². The van der Waals surface area contributed by atoms with Crippen LogP contribution in [-0.2, 0) is 6.54 Å². The van der Waals surface area contributed by atoms with Crippen LogP contribution in [-0.4, -0.2) is 43.3 Å². The molecule has 2 N–H and O–H groups in total. The Morgan fingerprint density at radius 2 is 1.86 bits per heavy atom. The molecule has 0 unspecified atom stereocenters. The number of aromatic nitrogens is 2. The van der Waals surface area contributed by atoms with Gasteiger partial charge in [-0.25, -0.2) is 4.98 Å². The molecule has 1 aliphatic heterocycles. The number of nitrogens with zero attached hydrogens (tertiary/aromatic N) is 3. The Morgan fingerprint density at radius 1 is 1.14 bits per heavy atom. The van der Waals surface area contributed by atoms with Crippen LogP contribution in [0.4, 0.5) is 5.69 Å². The maximum absolute atomic E-state index is 12.5. The first-order valence-corrected chi connectivity index (χ1v) is 12.4. The van der Waals surface area contributed by atoms with E-state index in [4.69, 9.17) is 4.98 Å². The molecule has 0 amide bonds. The van der Waals surface area contributed by atoms with Crippen LogP contribution in [0.1, 0.15) is 20.8 Å². The molecular weight excluding hydrogens is 406 g/mol. The minimum Gasteiger partial charge on any atom is -0.368 e. The zero-order valence-electron chi connectivity index (χ0n) is 17.0. The Kier molecular flexibility index (Phi) is 5.23. The average molecular weight is 434 g/mol. The first-order valence-electron chi connectivity index (χ1n) is 9.71. The van der Waals surface area contributed by atoms with Gasteiger partial charge in [-0.05, 0) is 29.7 Å². The quantitative estimate of drug-likeness (QED) is 0.624. The van der Waals surface area contributed by atoms with Gasteiger partial charge in [-0.1, -0.05) is 44.2 Å². The van der Waals surface area contributed by atoms with Gasteiger partial charge in [0.2, 0.25) is 0 Å². The van der Waals surface area contributed by atoms with Crippen molar-refractivity contribution in [2.24, 2.45) is 5.41 Å². The number of thiazole rings is 1. The van der Waals surface area contributed by atoms with Crippen LogP contribution in [0, 0.1) is 5.41 Å². The second-order valence-corrected chi connectivity index (χ2v) is 12.1. The number of anilines is 1. The Morgan fingerprint density at radius 3 is 2.55 bits per heavy atom. The molecule has 0 aliphatic carbocycles. The predicted molar refractivity (Wildman–Crippen MR) is 124 cm³/mol. The molecule has 0 radical (unpaired) electrons. The second-order valence-electron chi connectivity index (χ2n) is 8.78. The van der Waals surface area contributed by atoms with Gasteiger partial charge in [-0.2, -0.15) is 10.6 Å². The number of rotatable bonds is 3. The van der Waals surface area contributed by atoms with E-state index in [1.54, 1.807) is 0 Å². The Hall–Kier alpha value is -1.87. The lowest BCUT2D eigenvalue weighted by atomic mass is 9.97. The topological polar surface area (TPSA) is 78.6 Å². The summed E-state index contributed by atoms with van der Waals surface area (Å²) in [6, 6.07) is 12.1. The molecule has 1 aliphatic rings. The third kappa shape index (κ3) is 4.50. The van der Waals surface area contributed by atoms with Crippen LogP contribution < -0.4 is 9.77 Å². The van der Waals surface area contributed by atoms with Crippen LogP contribution in [0.5, 0.6) is 0 Å². The van der Waals surface area contributed by atoms with Gasteiger partial charge in [0.25, 0.3) is 0 Å². The summed E-state index contributed by atoms with van der Waals surface area (Å²) >= 11 is 1.19. The molecule has 1 fully saturated rings. The van der Waals surface area contributed by atoms with Gasteiger partial charge >= 0.3 is 4.87 Å². The van der Waals surface area contributed by atoms with Crippen LogP contribution in [0.3, 0.4) is 0 Å². The minimum absolute atomic E-state index is 0.0156. The largest absolute Gasteiger partial charge is 0.368 e. The number of hydrogen-bond acceptors (Lipinski definition) is 6. The molecule has 29 heavy (non-hydrogen) atoms. The predicted octanol–water partition coefficient (Wildman–Crippen LogP) is 4.74. The van der Waals surface area contributed by atoms with E-state index in [1.807, 2.05) is 34.9 Å². The van der Waals surface area contributed by atoms with Gasteiger partial charge in [0, 0.05) is 30.9 Å². The molecule has 3 heterocycles. The Labute approximate surface area is 176 Å². The van der Waals surface area contributed by atoms with Gasteiger partial charge in [-0.15, -0.1) is 0 Å². The highest BCUT2D eigenvalue weighted by Crippen LogP contribution is 2.41. The second kappa shape index (κ2) is 7.43. The zero-order chi connectivity index (χ0) is 20.8. The van der Waals surface area contributed by atoms with Gasteiger partial charge in [-0.3, -0.25) is 18.5 Å². The van der Waals surface area contributed by atoms with Crippen molar-refractivity contribution in [3.05, 3.63) is 46.1 Å². The normalized spacial score (nSPS) is 18.2. The summed E-state index contributed by atoms with van der Waals surface area (Å²) in [5.74, 6) is 0.827. The van der Waals surface area contributed by atoms with E-state index < -0.39 is 10.6 Å².